The molecule has 0 radical (unpaired) electrons. The number of aromatic nitrogens is 2. The molecule has 1 unspecified atom stereocenters. The van der Waals surface area contributed by atoms with Gasteiger partial charge in [0.05, 0.1) is 0 Å². The van der Waals surface area contributed by atoms with Crippen LogP contribution in [0.5, 0.6) is 0 Å². The van der Waals surface area contributed by atoms with Crippen molar-refractivity contribution >= 4 is 11.9 Å². The zero-order valence-corrected chi connectivity index (χ0v) is 13.3. The topological polar surface area (TPSA) is 80.1 Å². The van der Waals surface area contributed by atoms with Gasteiger partial charge in [0.25, 0.3) is 11.8 Å². The van der Waals surface area contributed by atoms with Gasteiger partial charge < -0.3 is 15.2 Å². The predicted octanol–water partition coefficient (Wildman–Crippen LogP) is 2.85. The molecule has 24 heavy (non-hydrogen) atoms. The molecule has 122 valence electrons. The lowest BCUT2D eigenvalue weighted by molar-refractivity contribution is -0.121. The minimum atomic E-state index is -0.477. The molecule has 1 aromatic heterocycles. The van der Waals surface area contributed by atoms with Crippen LogP contribution in [0.25, 0.3) is 11.5 Å². The van der Waals surface area contributed by atoms with Gasteiger partial charge in [-0.15, -0.1) is 0 Å². The first kappa shape index (κ1) is 15.7. The molecule has 0 aliphatic carbocycles. The Kier molecular flexibility index (Phi) is 4.86. The largest absolute Gasteiger partial charge is 0.350 e. The molecular weight excluding hydrogens is 304 g/mol. The Balaban J connectivity index is 1.55. The van der Waals surface area contributed by atoms with E-state index in [4.69, 9.17) is 4.52 Å². The summed E-state index contributed by atoms with van der Waals surface area (Å²) in [4.78, 5) is 16.4. The van der Waals surface area contributed by atoms with Crippen LogP contribution in [0.3, 0.4) is 0 Å². The van der Waals surface area contributed by atoms with E-state index in [0.29, 0.717) is 12.4 Å². The highest BCUT2D eigenvalue weighted by atomic mass is 16.5. The maximum absolute atomic E-state index is 12.1. The second-order valence-corrected chi connectivity index (χ2v) is 5.36. The Morgan fingerprint density at radius 1 is 1.08 bits per heavy atom. The van der Waals surface area contributed by atoms with E-state index < -0.39 is 6.04 Å². The van der Waals surface area contributed by atoms with Crippen molar-refractivity contribution in [2.24, 2.45) is 0 Å². The van der Waals surface area contributed by atoms with Crippen LogP contribution < -0.4 is 10.6 Å². The lowest BCUT2D eigenvalue weighted by Gasteiger charge is -2.12. The second kappa shape index (κ2) is 7.41. The number of nitrogens with one attached hydrogen (secondary N) is 2. The highest BCUT2D eigenvalue weighted by Gasteiger charge is 2.16. The van der Waals surface area contributed by atoms with Crippen LogP contribution in [0.15, 0.2) is 65.2 Å². The summed E-state index contributed by atoms with van der Waals surface area (Å²) < 4.78 is 5.21. The number of hydrogen-bond donors (Lipinski definition) is 2. The van der Waals surface area contributed by atoms with E-state index >= 15 is 0 Å². The van der Waals surface area contributed by atoms with Gasteiger partial charge in [0.2, 0.25) is 5.91 Å². The molecule has 0 fully saturated rings. The maximum Gasteiger partial charge on any atom is 0.264 e. The Labute approximate surface area is 139 Å². The molecule has 0 saturated carbocycles. The van der Waals surface area contributed by atoms with E-state index in [1.54, 1.807) is 6.92 Å². The normalized spacial score (nSPS) is 11.7. The van der Waals surface area contributed by atoms with Crippen molar-refractivity contribution < 1.29 is 9.32 Å². The molecule has 3 rings (SSSR count). The van der Waals surface area contributed by atoms with Gasteiger partial charge in [-0.2, -0.15) is 4.98 Å². The van der Waals surface area contributed by atoms with E-state index in [1.807, 2.05) is 60.7 Å². The summed E-state index contributed by atoms with van der Waals surface area (Å²) in [6.45, 7) is 2.23. The molecule has 2 aromatic carbocycles. The quantitative estimate of drug-likeness (QED) is 0.729. The molecule has 6 heteroatoms. The van der Waals surface area contributed by atoms with Crippen LogP contribution >= 0.6 is 0 Å². The summed E-state index contributed by atoms with van der Waals surface area (Å²) in [6.07, 6.45) is 0. The number of amides is 1. The summed E-state index contributed by atoms with van der Waals surface area (Å²) in [5, 5.41) is 9.67. The summed E-state index contributed by atoms with van der Waals surface area (Å²) in [5.74, 6) is 0.566. The fourth-order valence-electron chi connectivity index (χ4n) is 2.18. The molecule has 3 aromatic rings. The average Bonchev–Trinajstić information content (AvgIpc) is 3.10. The van der Waals surface area contributed by atoms with Crippen molar-refractivity contribution in [1.29, 1.82) is 0 Å². The minimum Gasteiger partial charge on any atom is -0.350 e. The third-order valence-electron chi connectivity index (χ3n) is 3.50. The zero-order chi connectivity index (χ0) is 16.8. The van der Waals surface area contributed by atoms with Crippen LogP contribution in [0.1, 0.15) is 12.5 Å². The molecule has 0 aliphatic heterocycles. The second-order valence-electron chi connectivity index (χ2n) is 5.36. The predicted molar refractivity (Wildman–Crippen MR) is 91.1 cm³/mol. The van der Waals surface area contributed by atoms with Crippen molar-refractivity contribution in [2.75, 3.05) is 5.32 Å². The van der Waals surface area contributed by atoms with Crippen LogP contribution in [-0.2, 0) is 11.3 Å². The Bertz CT molecular complexity index is 787. The van der Waals surface area contributed by atoms with Gasteiger partial charge in [-0.1, -0.05) is 48.5 Å². The van der Waals surface area contributed by atoms with E-state index in [2.05, 4.69) is 20.8 Å². The smallest absolute Gasteiger partial charge is 0.264 e. The third kappa shape index (κ3) is 3.98. The molecular formula is C18H18N4O2. The lowest BCUT2D eigenvalue weighted by atomic mass is 10.2. The summed E-state index contributed by atoms with van der Waals surface area (Å²) in [5.41, 5.74) is 1.88. The standard InChI is InChI=1S/C18H18N4O2/c1-13(16(23)19-12-14-8-4-2-5-9-14)20-18-21-17(24-22-18)15-10-6-3-7-11-15/h2-11,13H,12H2,1H3,(H,19,23)(H,20,22). The summed E-state index contributed by atoms with van der Waals surface area (Å²) in [7, 11) is 0. The SMILES string of the molecule is CC(Nc1noc(-c2ccccc2)n1)C(=O)NCc1ccccc1. The fraction of sp³-hybridized carbons (Fsp3) is 0.167. The van der Waals surface area contributed by atoms with Gasteiger partial charge in [0, 0.05) is 12.1 Å². The minimum absolute atomic E-state index is 0.134. The van der Waals surface area contributed by atoms with Crippen molar-refractivity contribution in [1.82, 2.24) is 15.5 Å². The summed E-state index contributed by atoms with van der Waals surface area (Å²) in [6, 6.07) is 18.7. The number of hydrogen-bond acceptors (Lipinski definition) is 5. The van der Waals surface area contributed by atoms with Gasteiger partial charge in [0.15, 0.2) is 0 Å². The molecule has 1 amide bonds. The molecule has 2 N–H and O–H groups in total. The fourth-order valence-corrected chi connectivity index (χ4v) is 2.18. The Morgan fingerprint density at radius 2 is 1.75 bits per heavy atom. The molecule has 1 heterocycles. The zero-order valence-electron chi connectivity index (χ0n) is 13.3. The van der Waals surface area contributed by atoms with Gasteiger partial charge in [-0.3, -0.25) is 4.79 Å². The van der Waals surface area contributed by atoms with E-state index in [0.717, 1.165) is 11.1 Å². The van der Waals surface area contributed by atoms with Crippen LogP contribution in [0.4, 0.5) is 5.95 Å². The van der Waals surface area contributed by atoms with Crippen molar-refractivity contribution in [2.45, 2.75) is 19.5 Å². The number of carbonyl (C=O) groups is 1. The number of rotatable bonds is 6. The first-order chi connectivity index (χ1) is 11.7. The molecule has 0 saturated heterocycles. The van der Waals surface area contributed by atoms with E-state index in [1.165, 1.54) is 0 Å². The van der Waals surface area contributed by atoms with E-state index in [9.17, 15) is 4.79 Å². The average molecular weight is 322 g/mol. The van der Waals surface area contributed by atoms with Crippen molar-refractivity contribution in [3.05, 3.63) is 66.2 Å². The number of carbonyl (C=O) groups excluding carboxylic acids is 1. The maximum atomic E-state index is 12.1. The molecule has 0 aliphatic rings. The van der Waals surface area contributed by atoms with Gasteiger partial charge >= 0.3 is 0 Å². The number of benzene rings is 2. The van der Waals surface area contributed by atoms with Crippen molar-refractivity contribution in [3.8, 4) is 11.5 Å². The molecule has 0 spiro atoms. The summed E-state index contributed by atoms with van der Waals surface area (Å²) >= 11 is 0. The van der Waals surface area contributed by atoms with Crippen molar-refractivity contribution in [3.63, 3.8) is 0 Å². The van der Waals surface area contributed by atoms with E-state index in [-0.39, 0.29) is 11.9 Å². The van der Waals surface area contributed by atoms with Gasteiger partial charge in [-0.05, 0) is 29.8 Å². The van der Waals surface area contributed by atoms with Gasteiger partial charge in [-0.25, -0.2) is 0 Å². The Hall–Kier alpha value is -3.15. The Morgan fingerprint density at radius 3 is 2.46 bits per heavy atom. The first-order valence-electron chi connectivity index (χ1n) is 7.69. The van der Waals surface area contributed by atoms with Crippen LogP contribution in [0, 0.1) is 0 Å². The number of nitrogens with zero attached hydrogens (tertiary/aromatic N) is 2. The molecule has 1 atom stereocenters. The van der Waals surface area contributed by atoms with Gasteiger partial charge in [0.1, 0.15) is 6.04 Å². The highest BCUT2D eigenvalue weighted by Crippen LogP contribution is 2.18. The third-order valence-corrected chi connectivity index (χ3v) is 3.50. The van der Waals surface area contributed by atoms with Crippen LogP contribution in [-0.4, -0.2) is 22.1 Å². The lowest BCUT2D eigenvalue weighted by Crippen LogP contribution is -2.37. The molecule has 6 nitrogen and oxygen atoms in total. The monoisotopic (exact) mass is 322 g/mol. The first-order valence-corrected chi connectivity index (χ1v) is 7.69. The molecule has 0 bridgehead atoms. The number of anilines is 1. The highest BCUT2D eigenvalue weighted by molar-refractivity contribution is 5.83. The van der Waals surface area contributed by atoms with Crippen LogP contribution in [0.2, 0.25) is 0 Å².